The molecule has 6 nitrogen and oxygen atoms in total. The molecular formula is C19H23NO5. The molecule has 1 amide bonds. The summed E-state index contributed by atoms with van der Waals surface area (Å²) in [6.07, 6.45) is 0.931. The van der Waals surface area contributed by atoms with E-state index >= 15 is 0 Å². The summed E-state index contributed by atoms with van der Waals surface area (Å²) in [5.41, 5.74) is 1.12. The number of carbonyl (C=O) groups excluding carboxylic acids is 1. The van der Waals surface area contributed by atoms with E-state index in [1.165, 1.54) is 6.07 Å². The Labute approximate surface area is 146 Å². The number of carbonyl (C=O) groups is 2. The van der Waals surface area contributed by atoms with Gasteiger partial charge in [-0.1, -0.05) is 26.0 Å². The number of carboxylic acid groups (broad SMARTS) is 1. The molecule has 0 bridgehead atoms. The van der Waals surface area contributed by atoms with Crippen LogP contribution in [0.5, 0.6) is 5.75 Å². The minimum absolute atomic E-state index is 0.000316. The molecular weight excluding hydrogens is 322 g/mol. The molecule has 2 N–H and O–H groups in total. The summed E-state index contributed by atoms with van der Waals surface area (Å²) in [6, 6.07) is 8.97. The largest absolute Gasteiger partial charge is 0.489 e. The second-order valence-electron chi connectivity index (χ2n) is 5.78. The van der Waals surface area contributed by atoms with E-state index in [0.717, 1.165) is 11.3 Å². The molecule has 0 saturated heterocycles. The summed E-state index contributed by atoms with van der Waals surface area (Å²) in [7, 11) is 0. The van der Waals surface area contributed by atoms with Crippen molar-refractivity contribution in [3.63, 3.8) is 0 Å². The topological polar surface area (TPSA) is 88.8 Å². The summed E-state index contributed by atoms with van der Waals surface area (Å²) in [5.74, 6) is -0.511. The van der Waals surface area contributed by atoms with Crippen molar-refractivity contribution < 1.29 is 23.8 Å². The van der Waals surface area contributed by atoms with Crippen molar-refractivity contribution in [2.75, 3.05) is 6.54 Å². The standard InChI is InChI=1S/C19H23NO5/c1-4-13(24-14-8-6-7-12(3)9-14)11-20-18(21)17-10-15(19(22)23)16(5-2)25-17/h6-10,13H,4-5,11H2,1-3H3,(H,20,21)(H,22,23). The van der Waals surface area contributed by atoms with Gasteiger partial charge in [0.2, 0.25) is 0 Å². The van der Waals surface area contributed by atoms with Crippen molar-refractivity contribution in [3.05, 3.63) is 53.0 Å². The average molecular weight is 345 g/mol. The number of carboxylic acids is 1. The Morgan fingerprint density at radius 1 is 1.28 bits per heavy atom. The van der Waals surface area contributed by atoms with Gasteiger partial charge in [0.15, 0.2) is 5.76 Å². The highest BCUT2D eigenvalue weighted by atomic mass is 16.5. The highest BCUT2D eigenvalue weighted by Crippen LogP contribution is 2.17. The molecule has 2 rings (SSSR count). The van der Waals surface area contributed by atoms with Gasteiger partial charge in [0.1, 0.15) is 23.2 Å². The Hall–Kier alpha value is -2.76. The van der Waals surface area contributed by atoms with Gasteiger partial charge >= 0.3 is 5.97 Å². The third kappa shape index (κ3) is 4.86. The van der Waals surface area contributed by atoms with Crippen LogP contribution in [0.3, 0.4) is 0 Å². The van der Waals surface area contributed by atoms with Crippen LogP contribution in [0.4, 0.5) is 0 Å². The number of nitrogens with one attached hydrogen (secondary N) is 1. The van der Waals surface area contributed by atoms with Crippen LogP contribution in [0.25, 0.3) is 0 Å². The molecule has 1 aromatic carbocycles. The van der Waals surface area contributed by atoms with Crippen LogP contribution in [0.15, 0.2) is 34.7 Å². The van der Waals surface area contributed by atoms with Gasteiger partial charge < -0.3 is 19.6 Å². The van der Waals surface area contributed by atoms with Crippen molar-refractivity contribution in [2.45, 2.75) is 39.7 Å². The number of aryl methyl sites for hydroxylation is 2. The van der Waals surface area contributed by atoms with Gasteiger partial charge in [0.05, 0.1) is 6.54 Å². The predicted molar refractivity (Wildman–Crippen MR) is 93.3 cm³/mol. The lowest BCUT2D eigenvalue weighted by atomic mass is 10.2. The van der Waals surface area contributed by atoms with E-state index in [2.05, 4.69) is 5.32 Å². The Kier molecular flexibility index (Phi) is 6.22. The second kappa shape index (κ2) is 8.37. The molecule has 134 valence electrons. The van der Waals surface area contributed by atoms with Crippen LogP contribution < -0.4 is 10.1 Å². The van der Waals surface area contributed by atoms with Crippen molar-refractivity contribution in [1.82, 2.24) is 5.32 Å². The molecule has 1 unspecified atom stereocenters. The number of ether oxygens (including phenoxy) is 1. The Balaban J connectivity index is 1.99. The summed E-state index contributed by atoms with van der Waals surface area (Å²) in [6.45, 7) is 6.03. The van der Waals surface area contributed by atoms with Crippen LogP contribution in [-0.2, 0) is 6.42 Å². The van der Waals surface area contributed by atoms with Crippen molar-refractivity contribution in [2.24, 2.45) is 0 Å². The Morgan fingerprint density at radius 2 is 2.04 bits per heavy atom. The summed E-state index contributed by atoms with van der Waals surface area (Å²) in [4.78, 5) is 23.4. The summed E-state index contributed by atoms with van der Waals surface area (Å²) >= 11 is 0. The van der Waals surface area contributed by atoms with Crippen LogP contribution in [0.1, 0.15) is 52.5 Å². The van der Waals surface area contributed by atoms with Crippen LogP contribution in [0.2, 0.25) is 0 Å². The van der Waals surface area contributed by atoms with Gasteiger partial charge in [-0.2, -0.15) is 0 Å². The van der Waals surface area contributed by atoms with Gasteiger partial charge in [-0.15, -0.1) is 0 Å². The smallest absolute Gasteiger partial charge is 0.339 e. The number of rotatable bonds is 8. The van der Waals surface area contributed by atoms with Gasteiger partial charge in [-0.05, 0) is 31.0 Å². The third-order valence-electron chi connectivity index (χ3n) is 3.82. The Bertz CT molecular complexity index is 750. The fourth-order valence-corrected chi connectivity index (χ4v) is 2.43. The van der Waals surface area contributed by atoms with E-state index in [1.54, 1.807) is 6.92 Å². The zero-order valence-electron chi connectivity index (χ0n) is 14.7. The monoisotopic (exact) mass is 345 g/mol. The maximum absolute atomic E-state index is 12.2. The first kappa shape index (κ1) is 18.6. The van der Waals surface area contributed by atoms with E-state index < -0.39 is 11.9 Å². The van der Waals surface area contributed by atoms with E-state index in [0.29, 0.717) is 25.1 Å². The molecule has 1 atom stereocenters. The van der Waals surface area contributed by atoms with Gasteiger partial charge in [-0.25, -0.2) is 4.79 Å². The van der Waals surface area contributed by atoms with Gasteiger partial charge in [0, 0.05) is 12.5 Å². The van der Waals surface area contributed by atoms with Crippen molar-refractivity contribution in [3.8, 4) is 5.75 Å². The molecule has 1 heterocycles. The lowest BCUT2D eigenvalue weighted by molar-refractivity contribution is 0.0694. The lowest BCUT2D eigenvalue weighted by Crippen LogP contribution is -2.34. The van der Waals surface area contributed by atoms with E-state index in [4.69, 9.17) is 14.3 Å². The van der Waals surface area contributed by atoms with E-state index in [1.807, 2.05) is 38.1 Å². The maximum Gasteiger partial charge on any atom is 0.339 e. The fraction of sp³-hybridized carbons (Fsp3) is 0.368. The lowest BCUT2D eigenvalue weighted by Gasteiger charge is -2.18. The summed E-state index contributed by atoms with van der Waals surface area (Å²) < 4.78 is 11.2. The van der Waals surface area contributed by atoms with Gasteiger partial charge in [0.25, 0.3) is 5.91 Å². The number of furan rings is 1. The zero-order valence-corrected chi connectivity index (χ0v) is 14.7. The first-order valence-corrected chi connectivity index (χ1v) is 8.32. The van der Waals surface area contributed by atoms with Crippen LogP contribution in [0, 0.1) is 6.92 Å². The average Bonchev–Trinajstić information content (AvgIpc) is 3.03. The van der Waals surface area contributed by atoms with E-state index in [9.17, 15) is 9.59 Å². The number of amides is 1. The van der Waals surface area contributed by atoms with Gasteiger partial charge in [-0.3, -0.25) is 4.79 Å². The third-order valence-corrected chi connectivity index (χ3v) is 3.82. The molecule has 1 aromatic heterocycles. The quantitative estimate of drug-likeness (QED) is 0.765. The molecule has 0 saturated carbocycles. The molecule has 2 aromatic rings. The first-order valence-electron chi connectivity index (χ1n) is 8.32. The SMILES string of the molecule is CCc1oc(C(=O)NCC(CC)Oc2cccc(C)c2)cc1C(=O)O. The van der Waals surface area contributed by atoms with Crippen LogP contribution in [-0.4, -0.2) is 29.6 Å². The van der Waals surface area contributed by atoms with E-state index in [-0.39, 0.29) is 17.4 Å². The second-order valence-corrected chi connectivity index (χ2v) is 5.78. The fourth-order valence-electron chi connectivity index (χ4n) is 2.43. The van der Waals surface area contributed by atoms with Crippen molar-refractivity contribution >= 4 is 11.9 Å². The number of aromatic carboxylic acids is 1. The minimum atomic E-state index is -1.10. The number of hydrogen-bond acceptors (Lipinski definition) is 4. The zero-order chi connectivity index (χ0) is 18.4. The molecule has 25 heavy (non-hydrogen) atoms. The Morgan fingerprint density at radius 3 is 2.60 bits per heavy atom. The molecule has 0 aliphatic heterocycles. The molecule has 0 aliphatic carbocycles. The highest BCUT2D eigenvalue weighted by molar-refractivity contribution is 5.96. The van der Waals surface area contributed by atoms with Crippen LogP contribution >= 0.6 is 0 Å². The molecule has 0 aliphatic rings. The molecule has 6 heteroatoms. The normalized spacial score (nSPS) is 11.8. The molecule has 0 fully saturated rings. The molecule has 0 radical (unpaired) electrons. The maximum atomic E-state index is 12.2. The predicted octanol–water partition coefficient (Wildman–Crippen LogP) is 3.44. The van der Waals surface area contributed by atoms with Crippen molar-refractivity contribution in [1.29, 1.82) is 0 Å². The number of benzene rings is 1. The highest BCUT2D eigenvalue weighted by Gasteiger charge is 2.20. The number of hydrogen-bond donors (Lipinski definition) is 2. The molecule has 0 spiro atoms. The first-order chi connectivity index (χ1) is 11.9. The summed E-state index contributed by atoms with van der Waals surface area (Å²) in [5, 5.41) is 11.9. The minimum Gasteiger partial charge on any atom is -0.489 e.